The van der Waals surface area contributed by atoms with Crippen molar-refractivity contribution in [3.05, 3.63) is 29.0 Å². The van der Waals surface area contributed by atoms with Gasteiger partial charge in [0.1, 0.15) is 12.2 Å². The van der Waals surface area contributed by atoms with Crippen LogP contribution in [-0.2, 0) is 4.79 Å². The Hall–Kier alpha value is -2.15. The van der Waals surface area contributed by atoms with Crippen LogP contribution in [0.1, 0.15) is 15.4 Å². The van der Waals surface area contributed by atoms with Gasteiger partial charge in [-0.3, -0.25) is 9.59 Å². The van der Waals surface area contributed by atoms with Crippen LogP contribution in [0.2, 0.25) is 0 Å². The van der Waals surface area contributed by atoms with Gasteiger partial charge in [-0.15, -0.1) is 11.3 Å². The average molecular weight is 266 g/mol. The minimum Gasteiger partial charge on any atom is -0.480 e. The van der Waals surface area contributed by atoms with Gasteiger partial charge in [0.05, 0.1) is 6.26 Å². The zero-order chi connectivity index (χ0) is 13.1. The summed E-state index contributed by atoms with van der Waals surface area (Å²) in [6.07, 6.45) is 1.52. The van der Waals surface area contributed by atoms with Crippen molar-refractivity contribution in [3.63, 3.8) is 0 Å². The summed E-state index contributed by atoms with van der Waals surface area (Å²) in [5, 5.41) is 11.4. The molecule has 0 aromatic carbocycles. The highest BCUT2D eigenvalue weighted by Crippen LogP contribution is 2.27. The number of carboxylic acid groups (broad SMARTS) is 1. The predicted octanol–water partition coefficient (Wildman–Crippen LogP) is 1.53. The van der Waals surface area contributed by atoms with E-state index in [0.717, 1.165) is 0 Å². The molecule has 2 aromatic heterocycles. The second-order valence-electron chi connectivity index (χ2n) is 3.48. The summed E-state index contributed by atoms with van der Waals surface area (Å²) >= 11 is 1.32. The van der Waals surface area contributed by atoms with Crippen molar-refractivity contribution < 1.29 is 19.1 Å². The van der Waals surface area contributed by atoms with Crippen molar-refractivity contribution in [3.8, 4) is 10.8 Å². The summed E-state index contributed by atoms with van der Waals surface area (Å²) in [5.41, 5.74) is 0.229. The molecule has 0 aliphatic rings. The third kappa shape index (κ3) is 2.57. The number of nitrogens with zero attached hydrogens (tertiary/aromatic N) is 1. The van der Waals surface area contributed by atoms with Gasteiger partial charge in [-0.05, 0) is 19.1 Å². The molecule has 0 aliphatic carbocycles. The van der Waals surface area contributed by atoms with Gasteiger partial charge in [0.15, 0.2) is 10.8 Å². The molecule has 2 N–H and O–H groups in total. The summed E-state index contributed by atoms with van der Waals surface area (Å²) in [7, 11) is 0. The molecule has 18 heavy (non-hydrogen) atoms. The number of nitrogens with one attached hydrogen (secondary N) is 1. The summed E-state index contributed by atoms with van der Waals surface area (Å²) in [5.74, 6) is -1.01. The quantitative estimate of drug-likeness (QED) is 0.875. The zero-order valence-electron chi connectivity index (χ0n) is 9.47. The summed E-state index contributed by atoms with van der Waals surface area (Å²) < 4.78 is 5.19. The number of amides is 1. The molecule has 0 aliphatic heterocycles. The molecule has 0 bridgehead atoms. The molecule has 0 saturated heterocycles. The number of rotatable bonds is 4. The minimum atomic E-state index is -1.09. The number of carbonyl (C=O) groups excluding carboxylic acids is 1. The first kappa shape index (κ1) is 12.3. The normalized spacial score (nSPS) is 10.3. The Kier molecular flexibility index (Phi) is 3.42. The highest BCUT2D eigenvalue weighted by Gasteiger charge is 2.17. The van der Waals surface area contributed by atoms with Gasteiger partial charge < -0.3 is 14.8 Å². The van der Waals surface area contributed by atoms with Crippen molar-refractivity contribution in [1.82, 2.24) is 10.3 Å². The van der Waals surface area contributed by atoms with E-state index < -0.39 is 18.4 Å². The van der Waals surface area contributed by atoms with Crippen molar-refractivity contribution >= 4 is 23.2 Å². The van der Waals surface area contributed by atoms with E-state index in [1.165, 1.54) is 17.6 Å². The molecule has 1 amide bonds. The zero-order valence-corrected chi connectivity index (χ0v) is 10.3. The topological polar surface area (TPSA) is 92.4 Å². The van der Waals surface area contributed by atoms with Gasteiger partial charge >= 0.3 is 5.97 Å². The van der Waals surface area contributed by atoms with E-state index in [1.54, 1.807) is 19.1 Å². The predicted molar refractivity (Wildman–Crippen MR) is 64.5 cm³/mol. The maximum atomic E-state index is 11.7. The molecule has 0 spiro atoms. The van der Waals surface area contributed by atoms with E-state index >= 15 is 0 Å². The van der Waals surface area contributed by atoms with Crippen LogP contribution < -0.4 is 5.32 Å². The number of carbonyl (C=O) groups is 2. The highest BCUT2D eigenvalue weighted by atomic mass is 32.1. The van der Waals surface area contributed by atoms with Crippen molar-refractivity contribution in [2.45, 2.75) is 6.92 Å². The van der Waals surface area contributed by atoms with Crippen LogP contribution in [0.5, 0.6) is 0 Å². The lowest BCUT2D eigenvalue weighted by atomic mass is 10.3. The van der Waals surface area contributed by atoms with Crippen LogP contribution in [0, 0.1) is 6.92 Å². The molecule has 6 nitrogen and oxygen atoms in total. The number of thiazole rings is 1. The molecule has 7 heteroatoms. The lowest BCUT2D eigenvalue weighted by Crippen LogP contribution is -2.29. The fourth-order valence-electron chi connectivity index (χ4n) is 1.35. The largest absolute Gasteiger partial charge is 0.480 e. The van der Waals surface area contributed by atoms with Gasteiger partial charge in [0.25, 0.3) is 5.91 Å². The number of furan rings is 1. The van der Waals surface area contributed by atoms with Gasteiger partial charge in [-0.25, -0.2) is 4.98 Å². The fourth-order valence-corrected chi connectivity index (χ4v) is 2.23. The number of hydrogen-bond donors (Lipinski definition) is 2. The van der Waals surface area contributed by atoms with Crippen LogP contribution in [0.25, 0.3) is 10.8 Å². The molecule has 94 valence electrons. The molecular formula is C11H10N2O4S. The van der Waals surface area contributed by atoms with Crippen LogP contribution in [0.4, 0.5) is 0 Å². The van der Waals surface area contributed by atoms with Gasteiger partial charge in [-0.1, -0.05) is 0 Å². The lowest BCUT2D eigenvalue weighted by Gasteiger charge is -1.99. The second kappa shape index (κ2) is 5.01. The number of aromatic nitrogens is 1. The molecular weight excluding hydrogens is 256 g/mol. The molecule has 0 saturated carbocycles. The highest BCUT2D eigenvalue weighted by molar-refractivity contribution is 7.15. The Labute approximate surface area is 106 Å². The minimum absolute atomic E-state index is 0.229. The molecule has 2 rings (SSSR count). The standard InChI is InChI=1S/C11H10N2O4S/c1-6-9(10(16)12-5-8(14)15)13-11(18-6)7-3-2-4-17-7/h2-4H,5H2,1H3,(H,12,16)(H,14,15). The van der Waals surface area contributed by atoms with Crippen LogP contribution >= 0.6 is 11.3 Å². The number of aryl methyl sites for hydroxylation is 1. The van der Waals surface area contributed by atoms with E-state index in [4.69, 9.17) is 9.52 Å². The van der Waals surface area contributed by atoms with E-state index in [-0.39, 0.29) is 5.69 Å². The van der Waals surface area contributed by atoms with Crippen molar-refractivity contribution in [2.24, 2.45) is 0 Å². The van der Waals surface area contributed by atoms with Crippen LogP contribution in [0.3, 0.4) is 0 Å². The Morgan fingerprint density at radius 1 is 1.56 bits per heavy atom. The molecule has 2 heterocycles. The molecule has 0 fully saturated rings. The Morgan fingerprint density at radius 3 is 2.94 bits per heavy atom. The second-order valence-corrected chi connectivity index (χ2v) is 4.68. The average Bonchev–Trinajstić information content (AvgIpc) is 2.94. The summed E-state index contributed by atoms with van der Waals surface area (Å²) in [4.78, 5) is 26.9. The fraction of sp³-hybridized carbons (Fsp3) is 0.182. The molecule has 2 aromatic rings. The van der Waals surface area contributed by atoms with Gasteiger partial charge in [0, 0.05) is 4.88 Å². The van der Waals surface area contributed by atoms with Gasteiger partial charge in [-0.2, -0.15) is 0 Å². The first-order chi connectivity index (χ1) is 8.58. The third-order valence-corrected chi connectivity index (χ3v) is 3.13. The first-order valence-corrected chi connectivity index (χ1v) is 5.91. The Bertz CT molecular complexity index is 574. The number of carboxylic acids is 1. The van der Waals surface area contributed by atoms with Gasteiger partial charge in [0.2, 0.25) is 0 Å². The van der Waals surface area contributed by atoms with Crippen molar-refractivity contribution in [2.75, 3.05) is 6.54 Å². The Balaban J connectivity index is 2.19. The van der Waals surface area contributed by atoms with E-state index in [1.807, 2.05) is 0 Å². The SMILES string of the molecule is Cc1sc(-c2ccco2)nc1C(=O)NCC(=O)O. The summed E-state index contributed by atoms with van der Waals surface area (Å²) in [6, 6.07) is 3.48. The maximum Gasteiger partial charge on any atom is 0.322 e. The van der Waals surface area contributed by atoms with Crippen molar-refractivity contribution in [1.29, 1.82) is 0 Å². The van der Waals surface area contributed by atoms with E-state index in [9.17, 15) is 9.59 Å². The molecule has 0 radical (unpaired) electrons. The molecule has 0 unspecified atom stereocenters. The first-order valence-electron chi connectivity index (χ1n) is 5.09. The smallest absolute Gasteiger partial charge is 0.322 e. The maximum absolute atomic E-state index is 11.7. The number of aliphatic carboxylic acids is 1. The Morgan fingerprint density at radius 2 is 2.33 bits per heavy atom. The lowest BCUT2D eigenvalue weighted by molar-refractivity contribution is -0.135. The summed E-state index contributed by atoms with van der Waals surface area (Å²) in [6.45, 7) is 1.33. The van der Waals surface area contributed by atoms with E-state index in [2.05, 4.69) is 10.3 Å². The van der Waals surface area contributed by atoms with Crippen LogP contribution in [-0.4, -0.2) is 28.5 Å². The molecule has 0 atom stereocenters. The van der Waals surface area contributed by atoms with E-state index in [0.29, 0.717) is 15.6 Å². The number of hydrogen-bond acceptors (Lipinski definition) is 5. The van der Waals surface area contributed by atoms with Crippen LogP contribution in [0.15, 0.2) is 22.8 Å². The monoisotopic (exact) mass is 266 g/mol. The third-order valence-electron chi connectivity index (χ3n) is 2.14.